The molecule has 0 spiro atoms. The molecule has 0 amide bonds. The molecule has 4 aromatic carbocycles. The van der Waals surface area contributed by atoms with E-state index in [1.807, 2.05) is 91.0 Å². The van der Waals surface area contributed by atoms with Gasteiger partial charge in [0.25, 0.3) is 0 Å². The predicted octanol–water partition coefficient (Wildman–Crippen LogP) is 7.19. The second-order valence-corrected chi connectivity index (χ2v) is 9.52. The summed E-state index contributed by atoms with van der Waals surface area (Å²) in [5.41, 5.74) is 0.901. The Morgan fingerprint density at radius 3 is 1.57 bits per heavy atom. The van der Waals surface area contributed by atoms with Crippen LogP contribution in [0.1, 0.15) is 15.9 Å². The highest BCUT2D eigenvalue weighted by Crippen LogP contribution is 2.69. The predicted molar refractivity (Wildman–Crippen MR) is 118 cm³/mol. The van der Waals surface area contributed by atoms with Crippen molar-refractivity contribution < 1.29 is 13.4 Å². The Morgan fingerprint density at radius 2 is 1.13 bits per heavy atom. The average Bonchev–Trinajstić information content (AvgIpc) is 2.80. The van der Waals surface area contributed by atoms with Gasteiger partial charge in [-0.15, -0.1) is 0 Å². The average molecular weight is 417 g/mol. The van der Waals surface area contributed by atoms with Crippen LogP contribution < -0.4 is 0 Å². The number of hydrogen-bond donors (Lipinski definition) is 0. The SMILES string of the molecule is Cc1ccc(F)cc1C(=O)OS(c1ccccc1)(c1ccccc1)c1ccccc1. The van der Waals surface area contributed by atoms with Crippen molar-refractivity contribution in [2.75, 3.05) is 0 Å². The van der Waals surface area contributed by atoms with E-state index in [4.69, 9.17) is 4.18 Å². The molecule has 0 fully saturated rings. The van der Waals surface area contributed by atoms with Crippen molar-refractivity contribution in [3.05, 3.63) is 126 Å². The maximum absolute atomic E-state index is 13.9. The smallest absolute Gasteiger partial charge is 0.349 e. The molecule has 0 radical (unpaired) electrons. The second-order valence-electron chi connectivity index (χ2n) is 6.83. The fourth-order valence-corrected chi connectivity index (χ4v) is 6.40. The van der Waals surface area contributed by atoms with Crippen molar-refractivity contribution in [2.24, 2.45) is 0 Å². The molecule has 0 N–H and O–H groups in total. The lowest BCUT2D eigenvalue weighted by molar-refractivity contribution is 0.0756. The van der Waals surface area contributed by atoms with E-state index in [1.165, 1.54) is 12.1 Å². The number of hydrogen-bond acceptors (Lipinski definition) is 2. The minimum atomic E-state index is -2.38. The number of rotatable bonds is 5. The van der Waals surface area contributed by atoms with E-state index < -0.39 is 22.1 Å². The molecule has 4 heteroatoms. The molecule has 0 saturated heterocycles. The maximum atomic E-state index is 13.9. The van der Waals surface area contributed by atoms with E-state index >= 15 is 0 Å². The van der Waals surface area contributed by atoms with Gasteiger partial charge in [-0.25, -0.2) is 9.18 Å². The van der Waals surface area contributed by atoms with Crippen molar-refractivity contribution in [1.29, 1.82) is 0 Å². The zero-order valence-corrected chi connectivity index (χ0v) is 17.3. The van der Waals surface area contributed by atoms with Gasteiger partial charge >= 0.3 is 5.97 Å². The molecule has 4 rings (SSSR count). The first-order valence-electron chi connectivity index (χ1n) is 9.60. The first-order chi connectivity index (χ1) is 14.6. The number of carbonyl (C=O) groups is 1. The van der Waals surface area contributed by atoms with Gasteiger partial charge in [0.2, 0.25) is 0 Å². The number of carbonyl (C=O) groups excluding carboxylic acids is 1. The molecule has 0 heterocycles. The molecule has 2 nitrogen and oxygen atoms in total. The third kappa shape index (κ3) is 3.74. The highest BCUT2D eigenvalue weighted by molar-refractivity contribution is 8.30. The van der Waals surface area contributed by atoms with Gasteiger partial charge in [-0.05, 0) is 71.3 Å². The van der Waals surface area contributed by atoms with Crippen molar-refractivity contribution in [3.8, 4) is 0 Å². The zero-order chi connectivity index (χ0) is 21.0. The lowest BCUT2D eigenvalue weighted by Gasteiger charge is -2.39. The minimum absolute atomic E-state index is 0.231. The molecule has 0 bridgehead atoms. The summed E-state index contributed by atoms with van der Waals surface area (Å²) < 4.78 is 20.3. The van der Waals surface area contributed by atoms with E-state index in [1.54, 1.807) is 13.0 Å². The molecule has 30 heavy (non-hydrogen) atoms. The Hall–Kier alpha value is -3.37. The summed E-state index contributed by atoms with van der Waals surface area (Å²) in [5, 5.41) is 0. The summed E-state index contributed by atoms with van der Waals surface area (Å²) in [4.78, 5) is 16.1. The van der Waals surface area contributed by atoms with Crippen LogP contribution in [0.4, 0.5) is 4.39 Å². The maximum Gasteiger partial charge on any atom is 0.349 e. The first kappa shape index (κ1) is 19.9. The van der Waals surface area contributed by atoms with Gasteiger partial charge in [0, 0.05) is 14.7 Å². The molecule has 0 aliphatic carbocycles. The third-order valence-electron chi connectivity index (χ3n) is 4.85. The third-order valence-corrected chi connectivity index (χ3v) is 8.06. The molecule has 0 aromatic heterocycles. The molecule has 0 aliphatic rings. The monoisotopic (exact) mass is 416 g/mol. The van der Waals surface area contributed by atoms with Gasteiger partial charge in [-0.2, -0.15) is 0 Å². The van der Waals surface area contributed by atoms with Crippen molar-refractivity contribution in [3.63, 3.8) is 0 Å². The molecule has 4 aromatic rings. The standard InChI is InChI=1S/C26H21FO2S/c1-20-17-18-21(27)19-25(20)26(28)29-30(22-11-5-2-6-12-22,23-13-7-3-8-14-23)24-15-9-4-10-16-24/h2-19H,1H3. The Balaban J connectivity index is 1.95. The van der Waals surface area contributed by atoms with E-state index in [0.29, 0.717) is 5.56 Å². The zero-order valence-electron chi connectivity index (χ0n) is 16.5. The molecular formula is C26H21FO2S. The Labute approximate surface area is 177 Å². The summed E-state index contributed by atoms with van der Waals surface area (Å²) in [7, 11) is -2.38. The molecule has 150 valence electrons. The summed E-state index contributed by atoms with van der Waals surface area (Å²) in [6, 6.07) is 33.4. The summed E-state index contributed by atoms with van der Waals surface area (Å²) >= 11 is 0. The number of halogens is 1. The lowest BCUT2D eigenvalue weighted by Crippen LogP contribution is -2.15. The second kappa shape index (κ2) is 8.56. The normalized spacial score (nSPS) is 11.7. The van der Waals surface area contributed by atoms with Gasteiger partial charge in [-0.1, -0.05) is 60.7 Å². The van der Waals surface area contributed by atoms with Crippen LogP contribution in [-0.4, -0.2) is 5.97 Å². The lowest BCUT2D eigenvalue weighted by atomic mass is 10.1. The van der Waals surface area contributed by atoms with E-state index in [2.05, 4.69) is 0 Å². The molecule has 0 aliphatic heterocycles. The highest BCUT2D eigenvalue weighted by Gasteiger charge is 2.36. The summed E-state index contributed by atoms with van der Waals surface area (Å²) in [6.07, 6.45) is 0. The fourth-order valence-electron chi connectivity index (χ4n) is 3.36. The largest absolute Gasteiger partial charge is 0.398 e. The van der Waals surface area contributed by atoms with Gasteiger partial charge in [0.1, 0.15) is 5.82 Å². The summed E-state index contributed by atoms with van der Waals surface area (Å²) in [5.74, 6) is -1.01. The van der Waals surface area contributed by atoms with Crippen LogP contribution in [0.3, 0.4) is 0 Å². The minimum Gasteiger partial charge on any atom is -0.398 e. The van der Waals surface area contributed by atoms with Crippen molar-refractivity contribution in [1.82, 2.24) is 0 Å². The Morgan fingerprint density at radius 1 is 0.700 bits per heavy atom. The van der Waals surface area contributed by atoms with Crippen LogP contribution in [0.2, 0.25) is 0 Å². The van der Waals surface area contributed by atoms with E-state index in [0.717, 1.165) is 14.7 Å². The van der Waals surface area contributed by atoms with Crippen LogP contribution in [-0.2, 0) is 4.18 Å². The van der Waals surface area contributed by atoms with Gasteiger partial charge in [0.05, 0.1) is 5.56 Å². The van der Waals surface area contributed by atoms with Crippen LogP contribution in [0.25, 0.3) is 0 Å². The van der Waals surface area contributed by atoms with Crippen LogP contribution in [0.5, 0.6) is 0 Å². The molecule has 0 atom stereocenters. The van der Waals surface area contributed by atoms with Gasteiger partial charge in [0.15, 0.2) is 0 Å². The number of aryl methyl sites for hydroxylation is 1. The van der Waals surface area contributed by atoms with Crippen molar-refractivity contribution in [2.45, 2.75) is 21.6 Å². The Kier molecular flexibility index (Phi) is 5.68. The van der Waals surface area contributed by atoms with Crippen molar-refractivity contribution >= 4 is 16.3 Å². The first-order valence-corrected chi connectivity index (χ1v) is 11.2. The fraction of sp³-hybridized carbons (Fsp3) is 0.0385. The van der Waals surface area contributed by atoms with E-state index in [9.17, 15) is 9.18 Å². The quantitative estimate of drug-likeness (QED) is 0.344. The molecular weight excluding hydrogens is 395 g/mol. The van der Waals surface area contributed by atoms with Crippen LogP contribution in [0, 0.1) is 12.7 Å². The molecule has 0 saturated carbocycles. The van der Waals surface area contributed by atoms with E-state index in [-0.39, 0.29) is 5.56 Å². The van der Waals surface area contributed by atoms with Crippen LogP contribution >= 0.6 is 10.3 Å². The highest BCUT2D eigenvalue weighted by atomic mass is 32.3. The van der Waals surface area contributed by atoms with Gasteiger partial charge in [-0.3, -0.25) is 0 Å². The Bertz CT molecular complexity index is 1050. The van der Waals surface area contributed by atoms with Gasteiger partial charge < -0.3 is 4.18 Å². The molecule has 0 unspecified atom stereocenters. The number of benzene rings is 4. The topological polar surface area (TPSA) is 26.3 Å². The van der Waals surface area contributed by atoms with Crippen LogP contribution in [0.15, 0.2) is 124 Å². The summed E-state index contributed by atoms with van der Waals surface area (Å²) in [6.45, 7) is 1.78.